The van der Waals surface area contributed by atoms with Gasteiger partial charge in [0, 0.05) is 28.4 Å². The van der Waals surface area contributed by atoms with Crippen LogP contribution in [-0.4, -0.2) is 37.0 Å². The Hall–Kier alpha value is -2.05. The van der Waals surface area contributed by atoms with Crippen LogP contribution >= 0.6 is 34.8 Å². The molecule has 0 atom stereocenters. The van der Waals surface area contributed by atoms with Gasteiger partial charge in [0.25, 0.3) is 11.8 Å². The maximum Gasteiger partial charge on any atom is 0.278 e. The lowest BCUT2D eigenvalue weighted by molar-refractivity contribution is -0.137. The minimum absolute atomic E-state index is 0.133. The molecule has 0 aliphatic carbocycles. The molecule has 1 aliphatic rings. The van der Waals surface area contributed by atoms with E-state index in [0.29, 0.717) is 21.3 Å². The molecule has 2 amide bonds. The second-order valence-electron chi connectivity index (χ2n) is 6.21. The largest absolute Gasteiger partial charge is 0.383 e. The van der Waals surface area contributed by atoms with Gasteiger partial charge >= 0.3 is 0 Å². The first-order valence-electron chi connectivity index (χ1n) is 8.41. The van der Waals surface area contributed by atoms with Gasteiger partial charge in [-0.3, -0.25) is 14.5 Å². The number of hydrogen-bond acceptors (Lipinski definition) is 4. The Morgan fingerprint density at radius 2 is 1.68 bits per heavy atom. The molecule has 8 heteroatoms. The van der Waals surface area contributed by atoms with E-state index in [1.807, 2.05) is 6.92 Å². The van der Waals surface area contributed by atoms with Gasteiger partial charge in [0.05, 0.1) is 23.7 Å². The minimum Gasteiger partial charge on any atom is -0.383 e. The van der Waals surface area contributed by atoms with Crippen LogP contribution in [-0.2, 0) is 14.3 Å². The van der Waals surface area contributed by atoms with E-state index in [-0.39, 0.29) is 29.4 Å². The molecule has 2 aromatic carbocycles. The average molecular weight is 440 g/mol. The number of ether oxygens (including phenoxy) is 1. The van der Waals surface area contributed by atoms with Crippen LogP contribution in [0, 0.1) is 6.92 Å². The molecule has 2 aromatic rings. The fourth-order valence-corrected chi connectivity index (χ4v) is 3.65. The molecule has 3 rings (SSSR count). The Labute approximate surface area is 177 Å². The minimum atomic E-state index is -0.447. The third-order valence-electron chi connectivity index (χ3n) is 4.34. The molecule has 146 valence electrons. The normalized spacial score (nSPS) is 14.2. The molecule has 0 saturated heterocycles. The van der Waals surface area contributed by atoms with Crippen LogP contribution in [0.1, 0.15) is 11.1 Å². The molecular formula is C20H17Cl3N2O3. The van der Waals surface area contributed by atoms with Crippen LogP contribution in [0.15, 0.2) is 42.1 Å². The SMILES string of the molecule is COCCN1C(=O)C(Nc2ccc(Cl)cc2C)=C(c2ccc(Cl)cc2Cl)C1=O. The zero-order valence-electron chi connectivity index (χ0n) is 15.2. The molecule has 0 unspecified atom stereocenters. The van der Waals surface area contributed by atoms with Gasteiger partial charge in [0.1, 0.15) is 5.70 Å². The zero-order valence-corrected chi connectivity index (χ0v) is 17.5. The van der Waals surface area contributed by atoms with Crippen LogP contribution < -0.4 is 5.32 Å². The highest BCUT2D eigenvalue weighted by molar-refractivity contribution is 6.41. The molecule has 28 heavy (non-hydrogen) atoms. The van der Waals surface area contributed by atoms with Gasteiger partial charge < -0.3 is 10.1 Å². The number of nitrogens with zero attached hydrogens (tertiary/aromatic N) is 1. The van der Waals surface area contributed by atoms with E-state index in [4.69, 9.17) is 39.5 Å². The van der Waals surface area contributed by atoms with E-state index in [1.54, 1.807) is 30.3 Å². The number of anilines is 1. The number of hydrogen-bond donors (Lipinski definition) is 1. The third-order valence-corrected chi connectivity index (χ3v) is 5.12. The van der Waals surface area contributed by atoms with Crippen molar-refractivity contribution in [2.24, 2.45) is 0 Å². The Balaban J connectivity index is 2.11. The molecule has 1 aliphatic heterocycles. The summed E-state index contributed by atoms with van der Waals surface area (Å²) in [4.78, 5) is 27.2. The highest BCUT2D eigenvalue weighted by atomic mass is 35.5. The first kappa shape index (κ1) is 20.7. The van der Waals surface area contributed by atoms with Crippen LogP contribution in [0.3, 0.4) is 0 Å². The summed E-state index contributed by atoms with van der Waals surface area (Å²) < 4.78 is 5.02. The van der Waals surface area contributed by atoms with E-state index in [2.05, 4.69) is 5.32 Å². The number of halogens is 3. The summed E-state index contributed by atoms with van der Waals surface area (Å²) in [6, 6.07) is 10.0. The fraction of sp³-hybridized carbons (Fsp3) is 0.200. The number of carbonyl (C=O) groups excluding carboxylic acids is 2. The standard InChI is InChI=1S/C20H17Cl3N2O3/c1-11-9-12(21)4-6-16(11)24-18-17(14-5-3-13(22)10-15(14)23)19(26)25(20(18)27)7-8-28-2/h3-6,9-10,24H,7-8H2,1-2H3. The second-order valence-corrected chi connectivity index (χ2v) is 7.49. The molecular weight excluding hydrogens is 423 g/mol. The zero-order chi connectivity index (χ0) is 20.4. The lowest BCUT2D eigenvalue weighted by Crippen LogP contribution is -2.35. The van der Waals surface area contributed by atoms with E-state index in [0.717, 1.165) is 10.5 Å². The summed E-state index contributed by atoms with van der Waals surface area (Å²) in [7, 11) is 1.51. The number of methoxy groups -OCH3 is 1. The first-order chi connectivity index (χ1) is 13.3. The Bertz CT molecular complexity index is 989. The number of nitrogens with one attached hydrogen (secondary N) is 1. The summed E-state index contributed by atoms with van der Waals surface area (Å²) in [6.07, 6.45) is 0. The third kappa shape index (κ3) is 4.03. The van der Waals surface area contributed by atoms with Gasteiger partial charge in [0.2, 0.25) is 0 Å². The summed E-state index contributed by atoms with van der Waals surface area (Å²) in [5.74, 6) is -0.891. The van der Waals surface area contributed by atoms with E-state index >= 15 is 0 Å². The van der Waals surface area contributed by atoms with Gasteiger partial charge in [0.15, 0.2) is 0 Å². The van der Waals surface area contributed by atoms with Crippen molar-refractivity contribution in [1.82, 2.24) is 4.90 Å². The van der Waals surface area contributed by atoms with Gasteiger partial charge in [-0.05, 0) is 42.8 Å². The average Bonchev–Trinajstić information content (AvgIpc) is 2.86. The van der Waals surface area contributed by atoms with Crippen molar-refractivity contribution < 1.29 is 14.3 Å². The molecule has 0 spiro atoms. The van der Waals surface area contributed by atoms with Crippen molar-refractivity contribution in [2.45, 2.75) is 6.92 Å². The van der Waals surface area contributed by atoms with Crippen molar-refractivity contribution in [3.05, 3.63) is 68.3 Å². The van der Waals surface area contributed by atoms with Crippen LogP contribution in [0.25, 0.3) is 5.57 Å². The van der Waals surface area contributed by atoms with Crippen molar-refractivity contribution in [3.8, 4) is 0 Å². The molecule has 5 nitrogen and oxygen atoms in total. The predicted octanol–water partition coefficient (Wildman–Crippen LogP) is 4.79. The van der Waals surface area contributed by atoms with Crippen molar-refractivity contribution >= 4 is 57.9 Å². The smallest absolute Gasteiger partial charge is 0.278 e. The maximum atomic E-state index is 13.0. The van der Waals surface area contributed by atoms with Gasteiger partial charge in [-0.2, -0.15) is 0 Å². The number of amides is 2. The lowest BCUT2D eigenvalue weighted by atomic mass is 10.0. The molecule has 0 radical (unpaired) electrons. The summed E-state index contributed by atoms with van der Waals surface area (Å²) in [6.45, 7) is 2.22. The fourth-order valence-electron chi connectivity index (χ4n) is 2.92. The van der Waals surface area contributed by atoms with E-state index in [9.17, 15) is 9.59 Å². The highest BCUT2D eigenvalue weighted by Gasteiger charge is 2.39. The Kier molecular flexibility index (Phi) is 6.30. The number of rotatable bonds is 6. The summed E-state index contributed by atoms with van der Waals surface area (Å²) in [5, 5.41) is 4.38. The topological polar surface area (TPSA) is 58.6 Å². The number of aryl methyl sites for hydroxylation is 1. The van der Waals surface area contributed by atoms with Gasteiger partial charge in [-0.15, -0.1) is 0 Å². The molecule has 0 saturated carbocycles. The first-order valence-corrected chi connectivity index (χ1v) is 9.55. The number of carbonyl (C=O) groups is 2. The maximum absolute atomic E-state index is 13.0. The van der Waals surface area contributed by atoms with Gasteiger partial charge in [-0.1, -0.05) is 40.9 Å². The number of benzene rings is 2. The molecule has 0 fully saturated rings. The highest BCUT2D eigenvalue weighted by Crippen LogP contribution is 2.35. The Morgan fingerprint density at radius 3 is 2.32 bits per heavy atom. The van der Waals surface area contributed by atoms with Crippen molar-refractivity contribution in [1.29, 1.82) is 0 Å². The van der Waals surface area contributed by atoms with E-state index in [1.165, 1.54) is 13.2 Å². The molecule has 0 bridgehead atoms. The lowest BCUT2D eigenvalue weighted by Gasteiger charge is -2.15. The van der Waals surface area contributed by atoms with Crippen LogP contribution in [0.2, 0.25) is 15.1 Å². The summed E-state index contributed by atoms with van der Waals surface area (Å²) in [5.41, 5.74) is 2.26. The monoisotopic (exact) mass is 438 g/mol. The van der Waals surface area contributed by atoms with Crippen LogP contribution in [0.4, 0.5) is 5.69 Å². The quantitative estimate of drug-likeness (QED) is 0.657. The van der Waals surface area contributed by atoms with E-state index < -0.39 is 11.8 Å². The molecule has 1 heterocycles. The second kappa shape index (κ2) is 8.53. The molecule has 1 N–H and O–H groups in total. The van der Waals surface area contributed by atoms with Crippen LogP contribution in [0.5, 0.6) is 0 Å². The Morgan fingerprint density at radius 1 is 1.00 bits per heavy atom. The van der Waals surface area contributed by atoms with Crippen molar-refractivity contribution in [2.75, 3.05) is 25.6 Å². The summed E-state index contributed by atoms with van der Waals surface area (Å²) >= 11 is 18.3. The number of imide groups is 1. The van der Waals surface area contributed by atoms with Crippen molar-refractivity contribution in [3.63, 3.8) is 0 Å². The predicted molar refractivity (Wildman–Crippen MR) is 112 cm³/mol. The molecule has 0 aromatic heterocycles. The van der Waals surface area contributed by atoms with Gasteiger partial charge in [-0.25, -0.2) is 0 Å².